The van der Waals surface area contributed by atoms with Gasteiger partial charge in [-0.1, -0.05) is 46.3 Å². The number of rotatable bonds is 7. The summed E-state index contributed by atoms with van der Waals surface area (Å²) in [6, 6.07) is 0. The molecule has 3 saturated carbocycles. The number of aliphatic carboxylic acids is 1. The second-order valence-corrected chi connectivity index (χ2v) is 20.9. The number of allylic oxidation sites excluding steroid dienone is 1. The minimum Gasteiger partial charge on any atom is -0.479 e. The van der Waals surface area contributed by atoms with Gasteiger partial charge in [-0.2, -0.15) is 0 Å². The zero-order valence-electron chi connectivity index (χ0n) is 36.8. The monoisotopic (exact) mass is 898 g/mol. The van der Waals surface area contributed by atoms with Crippen molar-refractivity contribution in [3.05, 3.63) is 11.6 Å². The van der Waals surface area contributed by atoms with Crippen molar-refractivity contribution in [2.24, 2.45) is 46.3 Å². The highest BCUT2D eigenvalue weighted by molar-refractivity contribution is 5.78. The fourth-order valence-electron chi connectivity index (χ4n) is 13.3. The van der Waals surface area contributed by atoms with Crippen LogP contribution in [0.4, 0.5) is 0 Å². The molecule has 4 aliphatic heterocycles. The Morgan fingerprint density at radius 3 is 2.03 bits per heavy atom. The summed E-state index contributed by atoms with van der Waals surface area (Å²) < 4.78 is 43.3. The van der Waals surface area contributed by atoms with Gasteiger partial charge in [0, 0.05) is 12.8 Å². The minimum absolute atomic E-state index is 0.0371. The van der Waals surface area contributed by atoms with Gasteiger partial charge in [-0.05, 0) is 91.3 Å². The van der Waals surface area contributed by atoms with E-state index in [-0.39, 0.29) is 41.1 Å². The van der Waals surface area contributed by atoms with Gasteiger partial charge in [-0.3, -0.25) is 4.79 Å². The van der Waals surface area contributed by atoms with E-state index in [4.69, 9.17) is 33.2 Å². The second kappa shape index (κ2) is 18.4. The van der Waals surface area contributed by atoms with Gasteiger partial charge in [-0.25, -0.2) is 4.79 Å². The van der Waals surface area contributed by atoms with Crippen LogP contribution in [-0.2, 0) is 42.7 Å². The molecule has 8 aliphatic rings. The smallest absolute Gasteiger partial charge is 0.335 e. The van der Waals surface area contributed by atoms with Crippen LogP contribution in [0.5, 0.6) is 0 Å². The molecule has 18 heteroatoms. The Kier molecular flexibility index (Phi) is 14.0. The summed E-state index contributed by atoms with van der Waals surface area (Å²) in [5.41, 5.74) is 0.979. The lowest BCUT2D eigenvalue weighted by molar-refractivity contribution is -0.395. The molecule has 4 saturated heterocycles. The molecule has 0 aromatic rings. The van der Waals surface area contributed by atoms with E-state index in [9.17, 15) is 55.5 Å². The Morgan fingerprint density at radius 1 is 0.698 bits per heavy atom. The van der Waals surface area contributed by atoms with E-state index in [2.05, 4.69) is 40.7 Å². The summed E-state index contributed by atoms with van der Waals surface area (Å²) in [6.07, 6.45) is -18.6. The number of hydrogen-bond acceptors (Lipinski definition) is 17. The van der Waals surface area contributed by atoms with Crippen molar-refractivity contribution in [3.63, 3.8) is 0 Å². The summed E-state index contributed by atoms with van der Waals surface area (Å²) in [6.45, 7) is 9.97. The predicted molar refractivity (Wildman–Crippen MR) is 216 cm³/mol. The van der Waals surface area contributed by atoms with Gasteiger partial charge in [0.1, 0.15) is 72.9 Å². The normalized spacial score (nSPS) is 51.8. The van der Waals surface area contributed by atoms with Gasteiger partial charge in [0.25, 0.3) is 0 Å². The van der Waals surface area contributed by atoms with Crippen LogP contribution in [0.1, 0.15) is 92.4 Å². The van der Waals surface area contributed by atoms with Gasteiger partial charge in [0.15, 0.2) is 25.0 Å². The maximum absolute atomic E-state index is 13.0. The van der Waals surface area contributed by atoms with Crippen molar-refractivity contribution in [1.82, 2.24) is 0 Å². The van der Waals surface area contributed by atoms with E-state index in [1.165, 1.54) is 5.57 Å². The molecule has 0 spiro atoms. The number of carbonyl (C=O) groups is 2. The molecule has 7 fully saturated rings. The van der Waals surface area contributed by atoms with Crippen LogP contribution in [0.2, 0.25) is 0 Å². The second-order valence-electron chi connectivity index (χ2n) is 20.9. The van der Waals surface area contributed by atoms with E-state index < -0.39 is 117 Å². The standard InChI is InChI=1S/C45H70O18/c1-18(2)12-20(47)13-19(3)23-6-7-24-22-15-27-26-14-21(8-10-45(26,5)25(22)9-11-44(23,24)4)58-42-39(35(53)34(52)37(61-42)40(55)56)63-43-38(33(51)30(48)28(16-46)59-43)62-41-36(54)32(50)31(49)29(60-41)17-57-27/h15,18-19,21,23-39,41-43,46,48-54H,6-14,16-17H2,1-5H3,(H,55,56). The van der Waals surface area contributed by atoms with Gasteiger partial charge >= 0.3 is 5.97 Å². The van der Waals surface area contributed by atoms with E-state index in [0.29, 0.717) is 49.7 Å². The summed E-state index contributed by atoms with van der Waals surface area (Å²) in [4.78, 5) is 25.4. The van der Waals surface area contributed by atoms with Crippen molar-refractivity contribution in [3.8, 4) is 0 Å². The molecule has 8 rings (SSSR count). The topological polar surface area (TPSA) is 281 Å². The molecule has 18 nitrogen and oxygen atoms in total. The molecule has 4 aliphatic carbocycles. The van der Waals surface area contributed by atoms with Crippen LogP contribution in [0.15, 0.2) is 11.6 Å². The minimum atomic E-state index is -2.02. The molecule has 4 bridgehead atoms. The molecule has 4 heterocycles. The Bertz CT molecular complexity index is 1680. The average molecular weight is 899 g/mol. The van der Waals surface area contributed by atoms with Crippen LogP contribution >= 0.6 is 0 Å². The zero-order chi connectivity index (χ0) is 45.4. The van der Waals surface area contributed by atoms with E-state index in [0.717, 1.165) is 25.7 Å². The SMILES string of the molecule is CC(C)CC(=O)CC(C)C1CCC2C3=CC4OCC5OC(OC6C(OC(CO)C(O)C6O)OC6C(OC7CCC(C)(C3CCC21C)C4C7)OC(C(=O)O)C(O)C6O)C(O)C(O)C5O. The third kappa shape index (κ3) is 8.60. The molecular weight excluding hydrogens is 828 g/mol. The Morgan fingerprint density at radius 2 is 1.35 bits per heavy atom. The number of carboxylic acid groups (broad SMARTS) is 1. The van der Waals surface area contributed by atoms with Crippen molar-refractivity contribution in [2.75, 3.05) is 13.2 Å². The number of hydrogen-bond donors (Lipinski definition) is 9. The summed E-state index contributed by atoms with van der Waals surface area (Å²) in [7, 11) is 0. The molecule has 0 aromatic heterocycles. The van der Waals surface area contributed by atoms with Crippen molar-refractivity contribution >= 4 is 11.8 Å². The number of ketones is 1. The lowest BCUT2D eigenvalue weighted by Crippen LogP contribution is -2.67. The number of Topliss-reactive ketones (excluding diaryl/α,β-unsaturated/α-hetero) is 1. The summed E-state index contributed by atoms with van der Waals surface area (Å²) in [5.74, 6) is -0.106. The van der Waals surface area contributed by atoms with Crippen molar-refractivity contribution in [2.45, 2.75) is 197 Å². The average Bonchev–Trinajstić information content (AvgIpc) is 3.59. The van der Waals surface area contributed by atoms with Gasteiger partial charge in [0.2, 0.25) is 0 Å². The third-order valence-electron chi connectivity index (χ3n) is 16.6. The van der Waals surface area contributed by atoms with Crippen LogP contribution < -0.4 is 0 Å². The summed E-state index contributed by atoms with van der Waals surface area (Å²) in [5, 5.41) is 98.3. The molecule has 0 amide bonds. The number of fused-ring (bicyclic) bond motifs is 9. The van der Waals surface area contributed by atoms with E-state index in [1.807, 2.05) is 0 Å². The maximum Gasteiger partial charge on any atom is 0.335 e. The molecule has 0 aromatic carbocycles. The summed E-state index contributed by atoms with van der Waals surface area (Å²) >= 11 is 0. The van der Waals surface area contributed by atoms with E-state index >= 15 is 0 Å². The quantitative estimate of drug-likeness (QED) is 0.154. The molecule has 0 radical (unpaired) electrons. The lowest BCUT2D eigenvalue weighted by Gasteiger charge is -2.60. The Hall–Kier alpha value is -1.72. The molecule has 24 atom stereocenters. The fourth-order valence-corrected chi connectivity index (χ4v) is 13.3. The number of carboxylic acids is 1. The highest BCUT2D eigenvalue weighted by atomic mass is 16.8. The first kappa shape index (κ1) is 47.8. The molecule has 9 N–H and O–H groups in total. The molecule has 63 heavy (non-hydrogen) atoms. The number of ether oxygens (including phenoxy) is 7. The maximum atomic E-state index is 13.0. The highest BCUT2D eigenvalue weighted by Crippen LogP contribution is 2.67. The van der Waals surface area contributed by atoms with E-state index in [1.54, 1.807) is 0 Å². The lowest BCUT2D eigenvalue weighted by atomic mass is 9.47. The van der Waals surface area contributed by atoms with Crippen LogP contribution in [0.3, 0.4) is 0 Å². The highest BCUT2D eigenvalue weighted by Gasteiger charge is 2.62. The zero-order valence-corrected chi connectivity index (χ0v) is 36.8. The molecule has 24 unspecified atom stereocenters. The molecule has 358 valence electrons. The Labute approximate surface area is 367 Å². The first-order chi connectivity index (χ1) is 29.8. The number of aliphatic hydroxyl groups excluding tert-OH is 8. The number of aliphatic hydroxyl groups is 8. The van der Waals surface area contributed by atoms with Crippen molar-refractivity contribution < 1.29 is 88.7 Å². The van der Waals surface area contributed by atoms with Crippen molar-refractivity contribution in [1.29, 1.82) is 0 Å². The third-order valence-corrected chi connectivity index (χ3v) is 16.6. The fraction of sp³-hybridized carbons (Fsp3) is 0.911. The largest absolute Gasteiger partial charge is 0.479 e. The van der Waals surface area contributed by atoms with Gasteiger partial charge < -0.3 is 79.1 Å². The molecular formula is C45H70O18. The van der Waals surface area contributed by atoms with Crippen LogP contribution in [0.25, 0.3) is 0 Å². The Balaban J connectivity index is 1.15. The first-order valence-corrected chi connectivity index (χ1v) is 23.1. The van der Waals surface area contributed by atoms with Crippen LogP contribution in [-0.4, -0.2) is 175 Å². The predicted octanol–water partition coefficient (Wildman–Crippen LogP) is 0.149. The first-order valence-electron chi connectivity index (χ1n) is 23.1. The van der Waals surface area contributed by atoms with Crippen LogP contribution in [0, 0.1) is 46.3 Å². The van der Waals surface area contributed by atoms with Gasteiger partial charge in [0.05, 0.1) is 25.4 Å². The number of carbonyl (C=O) groups excluding carboxylic acids is 1. The van der Waals surface area contributed by atoms with Gasteiger partial charge in [-0.15, -0.1) is 0 Å².